The van der Waals surface area contributed by atoms with Crippen LogP contribution in [0.1, 0.15) is 17.9 Å². The second-order valence-electron chi connectivity index (χ2n) is 6.43. The average Bonchev–Trinajstić information content (AvgIpc) is 3.14. The van der Waals surface area contributed by atoms with Crippen molar-refractivity contribution in [3.63, 3.8) is 0 Å². The van der Waals surface area contributed by atoms with E-state index in [1.807, 2.05) is 24.3 Å². The minimum Gasteiger partial charge on any atom is -0.370 e. The third kappa shape index (κ3) is 4.50. The van der Waals surface area contributed by atoms with E-state index in [1.165, 1.54) is 12.4 Å². The van der Waals surface area contributed by atoms with Crippen molar-refractivity contribution >= 4 is 16.9 Å². The number of halogens is 3. The highest BCUT2D eigenvalue weighted by molar-refractivity contribution is 5.74. The lowest BCUT2D eigenvalue weighted by Gasteiger charge is -2.12. The van der Waals surface area contributed by atoms with Crippen LogP contribution >= 0.6 is 0 Å². The normalized spacial score (nSPS) is 11.7. The number of nitrogens with zero attached hydrogens (tertiary/aromatic N) is 4. The van der Waals surface area contributed by atoms with Gasteiger partial charge < -0.3 is 10.3 Å². The van der Waals surface area contributed by atoms with Gasteiger partial charge in [-0.15, -0.1) is 0 Å². The summed E-state index contributed by atoms with van der Waals surface area (Å²) >= 11 is 0. The maximum absolute atomic E-state index is 13.2. The fourth-order valence-electron chi connectivity index (χ4n) is 2.91. The molecule has 4 rings (SSSR count). The van der Waals surface area contributed by atoms with E-state index in [1.54, 1.807) is 12.1 Å². The molecule has 0 aliphatic heterocycles. The van der Waals surface area contributed by atoms with Gasteiger partial charge in [0.15, 0.2) is 11.5 Å². The highest BCUT2D eigenvalue weighted by Gasteiger charge is 2.33. The summed E-state index contributed by atoms with van der Waals surface area (Å²) in [7, 11) is 0. The molecule has 1 aromatic carbocycles. The van der Waals surface area contributed by atoms with Gasteiger partial charge in [-0.25, -0.2) is 15.0 Å². The first-order valence-electron chi connectivity index (χ1n) is 9.03. The summed E-state index contributed by atoms with van der Waals surface area (Å²) in [4.78, 5) is 19.5. The molecule has 0 unspecified atom stereocenters. The van der Waals surface area contributed by atoms with Gasteiger partial charge in [-0.05, 0) is 30.7 Å². The number of imidazole rings is 1. The number of alkyl halides is 3. The van der Waals surface area contributed by atoms with E-state index < -0.39 is 11.9 Å². The molecule has 6 nitrogen and oxygen atoms in total. The zero-order chi connectivity index (χ0) is 20.3. The molecule has 0 aliphatic rings. The number of H-pyrrole nitrogens is 1. The lowest BCUT2D eigenvalue weighted by atomic mass is 10.2. The third-order valence-corrected chi connectivity index (χ3v) is 4.29. The Balaban J connectivity index is 1.46. The van der Waals surface area contributed by atoms with Crippen molar-refractivity contribution in [2.75, 3.05) is 11.9 Å². The molecule has 2 N–H and O–H groups in total. The Labute approximate surface area is 164 Å². The van der Waals surface area contributed by atoms with Crippen LogP contribution in [-0.2, 0) is 12.6 Å². The number of nitrogens with one attached hydrogen (secondary N) is 2. The second-order valence-corrected chi connectivity index (χ2v) is 6.43. The largest absolute Gasteiger partial charge is 0.433 e. The van der Waals surface area contributed by atoms with E-state index in [0.717, 1.165) is 22.9 Å². The van der Waals surface area contributed by atoms with E-state index >= 15 is 0 Å². The molecule has 29 heavy (non-hydrogen) atoms. The van der Waals surface area contributed by atoms with Gasteiger partial charge in [-0.1, -0.05) is 12.1 Å². The molecule has 0 fully saturated rings. The van der Waals surface area contributed by atoms with Gasteiger partial charge in [0, 0.05) is 37.0 Å². The Kier molecular flexibility index (Phi) is 5.11. The quantitative estimate of drug-likeness (QED) is 0.468. The summed E-state index contributed by atoms with van der Waals surface area (Å²) in [5.41, 5.74) is 1.33. The highest BCUT2D eigenvalue weighted by atomic mass is 19.4. The smallest absolute Gasteiger partial charge is 0.370 e. The summed E-state index contributed by atoms with van der Waals surface area (Å²) in [6.07, 6.45) is -0.250. The maximum Gasteiger partial charge on any atom is 0.433 e. The fourth-order valence-corrected chi connectivity index (χ4v) is 2.91. The lowest BCUT2D eigenvalue weighted by Crippen LogP contribution is -2.13. The minimum absolute atomic E-state index is 0.00186. The molecule has 0 saturated heterocycles. The Hall–Kier alpha value is -3.49. The van der Waals surface area contributed by atoms with E-state index in [-0.39, 0.29) is 11.6 Å². The van der Waals surface area contributed by atoms with Crippen LogP contribution in [0.4, 0.5) is 19.0 Å². The zero-order valence-corrected chi connectivity index (χ0v) is 15.2. The first kappa shape index (κ1) is 18.9. The first-order chi connectivity index (χ1) is 14.0. The van der Waals surface area contributed by atoms with E-state index in [0.29, 0.717) is 24.9 Å². The molecule has 0 aliphatic carbocycles. The predicted molar refractivity (Wildman–Crippen MR) is 103 cm³/mol. The number of anilines is 1. The van der Waals surface area contributed by atoms with Gasteiger partial charge in [-0.2, -0.15) is 13.2 Å². The van der Waals surface area contributed by atoms with Gasteiger partial charge in [-0.3, -0.25) is 4.98 Å². The van der Waals surface area contributed by atoms with Crippen molar-refractivity contribution < 1.29 is 13.2 Å². The van der Waals surface area contributed by atoms with Gasteiger partial charge in [0.1, 0.15) is 11.6 Å². The fraction of sp³-hybridized carbons (Fsp3) is 0.200. The molecular weight excluding hydrogens is 381 g/mol. The Bertz CT molecular complexity index is 1080. The molecule has 3 aromatic heterocycles. The van der Waals surface area contributed by atoms with Crippen molar-refractivity contribution in [2.24, 2.45) is 0 Å². The number of aryl methyl sites for hydroxylation is 1. The van der Waals surface area contributed by atoms with E-state index in [2.05, 4.69) is 30.2 Å². The number of benzene rings is 1. The molecule has 9 heteroatoms. The van der Waals surface area contributed by atoms with Crippen LogP contribution in [-0.4, -0.2) is 31.5 Å². The van der Waals surface area contributed by atoms with Crippen molar-refractivity contribution in [1.82, 2.24) is 24.9 Å². The number of fused-ring (bicyclic) bond motifs is 1. The topological polar surface area (TPSA) is 79.4 Å². The Morgan fingerprint density at radius 3 is 2.52 bits per heavy atom. The molecule has 0 saturated carbocycles. The van der Waals surface area contributed by atoms with Crippen molar-refractivity contribution in [3.8, 4) is 11.4 Å². The summed E-state index contributed by atoms with van der Waals surface area (Å²) in [5, 5.41) is 2.96. The van der Waals surface area contributed by atoms with Gasteiger partial charge in [0.25, 0.3) is 0 Å². The van der Waals surface area contributed by atoms with Crippen LogP contribution in [0.3, 0.4) is 0 Å². The minimum atomic E-state index is -4.56. The van der Waals surface area contributed by atoms with Crippen molar-refractivity contribution in [3.05, 3.63) is 66.4 Å². The van der Waals surface area contributed by atoms with Crippen LogP contribution in [0.25, 0.3) is 22.4 Å². The van der Waals surface area contributed by atoms with Crippen LogP contribution in [0.15, 0.2) is 54.9 Å². The molecule has 0 radical (unpaired) electrons. The average molecular weight is 398 g/mol. The molecule has 3 heterocycles. The molecule has 0 spiro atoms. The Morgan fingerprint density at radius 2 is 1.76 bits per heavy atom. The van der Waals surface area contributed by atoms with Gasteiger partial charge in [0.2, 0.25) is 0 Å². The third-order valence-electron chi connectivity index (χ3n) is 4.29. The molecule has 148 valence electrons. The molecule has 0 amide bonds. The summed E-state index contributed by atoms with van der Waals surface area (Å²) < 4.78 is 39.7. The summed E-state index contributed by atoms with van der Waals surface area (Å²) in [6.45, 7) is 0.446. The van der Waals surface area contributed by atoms with Crippen LogP contribution in [0, 0.1) is 0 Å². The number of aromatic amines is 1. The van der Waals surface area contributed by atoms with Crippen LogP contribution in [0.5, 0.6) is 0 Å². The molecule has 0 bridgehead atoms. The number of rotatable bonds is 6. The molecular formula is C20H17F3N6. The summed E-state index contributed by atoms with van der Waals surface area (Å²) in [5.74, 6) is 0.967. The highest BCUT2D eigenvalue weighted by Crippen LogP contribution is 2.30. The van der Waals surface area contributed by atoms with E-state index in [9.17, 15) is 13.2 Å². The van der Waals surface area contributed by atoms with Crippen LogP contribution in [0.2, 0.25) is 0 Å². The predicted octanol–water partition coefficient (Wildman–Crippen LogP) is 4.48. The van der Waals surface area contributed by atoms with E-state index in [4.69, 9.17) is 0 Å². The first-order valence-corrected chi connectivity index (χ1v) is 9.03. The standard InChI is InChI=1S/C20H17F3N6/c21-20(22,23)16-12-18(29-19(28-16)13-7-10-24-11-8-13)25-9-3-6-17-26-14-4-1-2-5-15(14)27-17/h1-2,4-5,7-8,10-12H,3,6,9H2,(H,26,27)(H,25,28,29). The zero-order valence-electron chi connectivity index (χ0n) is 15.2. The number of aromatic nitrogens is 5. The lowest BCUT2D eigenvalue weighted by molar-refractivity contribution is -0.141. The molecule has 4 aromatic rings. The van der Waals surface area contributed by atoms with Gasteiger partial charge in [0.05, 0.1) is 11.0 Å². The van der Waals surface area contributed by atoms with Gasteiger partial charge >= 0.3 is 6.18 Å². The maximum atomic E-state index is 13.2. The summed E-state index contributed by atoms with van der Waals surface area (Å²) in [6, 6.07) is 11.8. The monoisotopic (exact) mass is 398 g/mol. The SMILES string of the molecule is FC(F)(F)c1cc(NCCCc2nc3ccccc3[nH]2)nc(-c2ccncc2)n1. The number of hydrogen-bond acceptors (Lipinski definition) is 5. The van der Waals surface area contributed by atoms with Crippen molar-refractivity contribution in [2.45, 2.75) is 19.0 Å². The Morgan fingerprint density at radius 1 is 0.966 bits per heavy atom. The number of hydrogen-bond donors (Lipinski definition) is 2. The van der Waals surface area contributed by atoms with Crippen molar-refractivity contribution in [1.29, 1.82) is 0 Å². The van der Waals surface area contributed by atoms with Crippen LogP contribution < -0.4 is 5.32 Å². The second kappa shape index (κ2) is 7.86. The molecule has 0 atom stereocenters. The number of para-hydroxylation sites is 2. The number of pyridine rings is 1.